The zero-order valence-electron chi connectivity index (χ0n) is 15.7. The minimum absolute atomic E-state index is 0.169. The van der Waals surface area contributed by atoms with E-state index < -0.39 is 0 Å². The second-order valence-corrected chi connectivity index (χ2v) is 7.82. The first-order chi connectivity index (χ1) is 14.1. The first-order valence-electron chi connectivity index (χ1n) is 8.43. The van der Waals surface area contributed by atoms with E-state index in [2.05, 4.69) is 20.8 Å². The van der Waals surface area contributed by atoms with Gasteiger partial charge >= 0.3 is 0 Å². The summed E-state index contributed by atoms with van der Waals surface area (Å²) in [5, 5.41) is 13.8. The minimum atomic E-state index is -0.311. The number of nitrogens with one attached hydrogen (secondary N) is 2. The Balaban J connectivity index is 1.50. The van der Waals surface area contributed by atoms with E-state index in [9.17, 15) is 9.59 Å². The number of aromatic nitrogens is 2. The summed E-state index contributed by atoms with van der Waals surface area (Å²) >= 11 is 2.44. The highest BCUT2D eigenvalue weighted by molar-refractivity contribution is 8.01. The van der Waals surface area contributed by atoms with Crippen LogP contribution in [0, 0.1) is 0 Å². The maximum atomic E-state index is 12.3. The van der Waals surface area contributed by atoms with Crippen molar-refractivity contribution in [1.82, 2.24) is 10.2 Å². The molecule has 0 atom stereocenters. The van der Waals surface area contributed by atoms with E-state index in [1.54, 1.807) is 55.6 Å². The summed E-state index contributed by atoms with van der Waals surface area (Å²) in [5.74, 6) is 1.000. The molecule has 0 bridgehead atoms. The van der Waals surface area contributed by atoms with Crippen LogP contribution in [0.25, 0.3) is 0 Å². The Morgan fingerprint density at radius 3 is 2.48 bits per heavy atom. The van der Waals surface area contributed by atoms with Gasteiger partial charge in [0.1, 0.15) is 11.5 Å². The number of ether oxygens (including phenoxy) is 2. The van der Waals surface area contributed by atoms with Crippen molar-refractivity contribution < 1.29 is 19.1 Å². The van der Waals surface area contributed by atoms with Gasteiger partial charge in [0, 0.05) is 11.3 Å². The van der Waals surface area contributed by atoms with Gasteiger partial charge in [-0.15, -0.1) is 10.2 Å². The summed E-state index contributed by atoms with van der Waals surface area (Å²) in [4.78, 5) is 24.4. The van der Waals surface area contributed by atoms with Crippen LogP contribution in [0.1, 0.15) is 10.4 Å². The standard InChI is InChI=1S/C19H18N4O4S2/c1-26-14-8-6-13(7-9-14)20-16(24)11-28-19-23-22-18(29-19)21-17(25)12-4-3-5-15(10-12)27-2/h3-10H,11H2,1-2H3,(H,20,24)(H,21,22,25). The van der Waals surface area contributed by atoms with Gasteiger partial charge in [0.15, 0.2) is 4.34 Å². The molecular weight excluding hydrogens is 412 g/mol. The van der Waals surface area contributed by atoms with E-state index in [0.29, 0.717) is 26.5 Å². The number of anilines is 2. The molecule has 0 aliphatic carbocycles. The molecule has 3 aromatic rings. The third-order valence-electron chi connectivity index (χ3n) is 3.66. The molecule has 2 aromatic carbocycles. The summed E-state index contributed by atoms with van der Waals surface area (Å²) in [6.07, 6.45) is 0. The Kier molecular flexibility index (Phi) is 7.04. The van der Waals surface area contributed by atoms with Gasteiger partial charge in [-0.25, -0.2) is 0 Å². The molecule has 3 rings (SSSR count). The van der Waals surface area contributed by atoms with Gasteiger partial charge in [0.25, 0.3) is 5.91 Å². The fourth-order valence-electron chi connectivity index (χ4n) is 2.25. The Labute approximate surface area is 175 Å². The molecule has 0 fully saturated rings. The number of benzene rings is 2. The minimum Gasteiger partial charge on any atom is -0.497 e. The van der Waals surface area contributed by atoms with Gasteiger partial charge in [-0.3, -0.25) is 14.9 Å². The number of methoxy groups -OCH3 is 2. The normalized spacial score (nSPS) is 10.3. The number of hydrogen-bond donors (Lipinski definition) is 2. The zero-order chi connectivity index (χ0) is 20.6. The molecule has 10 heteroatoms. The number of carbonyl (C=O) groups excluding carboxylic acids is 2. The molecule has 0 unspecified atom stereocenters. The number of carbonyl (C=O) groups is 2. The van der Waals surface area contributed by atoms with Crippen LogP contribution in [-0.2, 0) is 4.79 Å². The molecule has 1 aromatic heterocycles. The molecule has 29 heavy (non-hydrogen) atoms. The molecule has 0 spiro atoms. The lowest BCUT2D eigenvalue weighted by Gasteiger charge is -2.05. The molecule has 2 N–H and O–H groups in total. The van der Waals surface area contributed by atoms with Crippen molar-refractivity contribution in [3.63, 3.8) is 0 Å². The Bertz CT molecular complexity index is 992. The van der Waals surface area contributed by atoms with Crippen molar-refractivity contribution in [2.45, 2.75) is 4.34 Å². The Morgan fingerprint density at radius 2 is 1.76 bits per heavy atom. The second-order valence-electron chi connectivity index (χ2n) is 5.62. The molecule has 0 aliphatic heterocycles. The van der Waals surface area contributed by atoms with Crippen LogP contribution in [0.4, 0.5) is 10.8 Å². The van der Waals surface area contributed by atoms with Crippen molar-refractivity contribution >= 4 is 45.7 Å². The highest BCUT2D eigenvalue weighted by Gasteiger charge is 2.12. The molecule has 150 valence electrons. The van der Waals surface area contributed by atoms with Crippen molar-refractivity contribution in [3.8, 4) is 11.5 Å². The number of rotatable bonds is 8. The molecule has 0 saturated heterocycles. The summed E-state index contributed by atoms with van der Waals surface area (Å²) in [6, 6.07) is 13.9. The Hall–Kier alpha value is -3.11. The van der Waals surface area contributed by atoms with E-state index in [4.69, 9.17) is 9.47 Å². The highest BCUT2D eigenvalue weighted by Crippen LogP contribution is 2.26. The van der Waals surface area contributed by atoms with Gasteiger partial charge in [-0.1, -0.05) is 29.2 Å². The van der Waals surface area contributed by atoms with E-state index in [0.717, 1.165) is 5.75 Å². The van der Waals surface area contributed by atoms with Crippen LogP contribution in [-0.4, -0.2) is 42.0 Å². The SMILES string of the molecule is COc1ccc(NC(=O)CSc2nnc(NC(=O)c3cccc(OC)c3)s2)cc1. The predicted molar refractivity (Wildman–Crippen MR) is 113 cm³/mol. The van der Waals surface area contributed by atoms with Crippen molar-refractivity contribution in [2.75, 3.05) is 30.6 Å². The number of hydrogen-bond acceptors (Lipinski definition) is 8. The van der Waals surface area contributed by atoms with Gasteiger partial charge in [-0.2, -0.15) is 0 Å². The summed E-state index contributed by atoms with van der Waals surface area (Å²) in [6.45, 7) is 0. The monoisotopic (exact) mass is 430 g/mol. The molecule has 0 radical (unpaired) electrons. The average molecular weight is 431 g/mol. The van der Waals surface area contributed by atoms with Crippen molar-refractivity contribution in [2.24, 2.45) is 0 Å². The number of nitrogens with zero attached hydrogens (tertiary/aromatic N) is 2. The van der Waals surface area contributed by atoms with Crippen LogP contribution >= 0.6 is 23.1 Å². The molecule has 2 amide bonds. The van der Waals surface area contributed by atoms with Crippen molar-refractivity contribution in [3.05, 3.63) is 54.1 Å². The summed E-state index contributed by atoms with van der Waals surface area (Å²) in [5.41, 5.74) is 1.13. The first-order valence-corrected chi connectivity index (χ1v) is 10.2. The quantitative estimate of drug-likeness (QED) is 0.416. The third-order valence-corrected chi connectivity index (χ3v) is 5.63. The predicted octanol–water partition coefficient (Wildman–Crippen LogP) is 3.54. The van der Waals surface area contributed by atoms with Crippen LogP contribution in [0.5, 0.6) is 11.5 Å². The number of amides is 2. The van der Waals surface area contributed by atoms with E-state index in [1.165, 1.54) is 30.2 Å². The summed E-state index contributed by atoms with van der Waals surface area (Å²) in [7, 11) is 3.12. The lowest BCUT2D eigenvalue weighted by molar-refractivity contribution is -0.113. The van der Waals surface area contributed by atoms with Crippen LogP contribution < -0.4 is 20.1 Å². The van der Waals surface area contributed by atoms with Crippen LogP contribution in [0.3, 0.4) is 0 Å². The van der Waals surface area contributed by atoms with Crippen LogP contribution in [0.15, 0.2) is 52.9 Å². The largest absolute Gasteiger partial charge is 0.497 e. The smallest absolute Gasteiger partial charge is 0.257 e. The average Bonchev–Trinajstić information content (AvgIpc) is 3.20. The maximum absolute atomic E-state index is 12.3. The molecular formula is C19H18N4O4S2. The topological polar surface area (TPSA) is 102 Å². The Morgan fingerprint density at radius 1 is 1.00 bits per heavy atom. The van der Waals surface area contributed by atoms with Gasteiger partial charge in [0.2, 0.25) is 11.0 Å². The third kappa shape index (κ3) is 5.93. The van der Waals surface area contributed by atoms with E-state index >= 15 is 0 Å². The lowest BCUT2D eigenvalue weighted by atomic mass is 10.2. The molecule has 1 heterocycles. The lowest BCUT2D eigenvalue weighted by Crippen LogP contribution is -2.13. The van der Waals surface area contributed by atoms with E-state index in [1.807, 2.05) is 0 Å². The fraction of sp³-hybridized carbons (Fsp3) is 0.158. The maximum Gasteiger partial charge on any atom is 0.257 e. The van der Waals surface area contributed by atoms with Crippen LogP contribution in [0.2, 0.25) is 0 Å². The van der Waals surface area contributed by atoms with Gasteiger partial charge in [-0.05, 0) is 42.5 Å². The molecule has 0 aliphatic rings. The molecule has 0 saturated carbocycles. The van der Waals surface area contributed by atoms with Gasteiger partial charge < -0.3 is 14.8 Å². The first kappa shape index (κ1) is 20.6. The molecule has 8 nitrogen and oxygen atoms in total. The van der Waals surface area contributed by atoms with Gasteiger partial charge in [0.05, 0.1) is 20.0 Å². The highest BCUT2D eigenvalue weighted by atomic mass is 32.2. The fourth-order valence-corrected chi connectivity index (χ4v) is 3.80. The second kappa shape index (κ2) is 9.89. The van der Waals surface area contributed by atoms with Crippen molar-refractivity contribution in [1.29, 1.82) is 0 Å². The van der Waals surface area contributed by atoms with E-state index in [-0.39, 0.29) is 17.6 Å². The zero-order valence-corrected chi connectivity index (χ0v) is 17.3. The summed E-state index contributed by atoms with van der Waals surface area (Å²) < 4.78 is 10.8. The number of thioether (sulfide) groups is 1.